The SMILES string of the molecule is O=C(O)c1c(C(F)(F)F)ccnc1I. The molecule has 3 nitrogen and oxygen atoms in total. The summed E-state index contributed by atoms with van der Waals surface area (Å²) in [6.07, 6.45) is -3.74. The molecule has 0 amide bonds. The van der Waals surface area contributed by atoms with Crippen molar-refractivity contribution in [3.05, 3.63) is 27.1 Å². The number of hydrogen-bond acceptors (Lipinski definition) is 2. The van der Waals surface area contributed by atoms with E-state index in [2.05, 4.69) is 4.98 Å². The average molecular weight is 317 g/mol. The topological polar surface area (TPSA) is 50.2 Å². The van der Waals surface area contributed by atoms with Gasteiger partial charge in [0.05, 0.1) is 5.56 Å². The fraction of sp³-hybridized carbons (Fsp3) is 0.143. The van der Waals surface area contributed by atoms with Crippen LogP contribution in [0.4, 0.5) is 13.2 Å². The van der Waals surface area contributed by atoms with E-state index >= 15 is 0 Å². The quantitative estimate of drug-likeness (QED) is 0.639. The highest BCUT2D eigenvalue weighted by atomic mass is 127. The first kappa shape index (κ1) is 11.2. The van der Waals surface area contributed by atoms with Crippen molar-refractivity contribution in [2.24, 2.45) is 0 Å². The monoisotopic (exact) mass is 317 g/mol. The van der Waals surface area contributed by atoms with Gasteiger partial charge in [0.25, 0.3) is 0 Å². The van der Waals surface area contributed by atoms with Gasteiger partial charge in [0.2, 0.25) is 0 Å². The van der Waals surface area contributed by atoms with Crippen LogP contribution in [0.2, 0.25) is 0 Å². The normalized spacial score (nSPS) is 11.4. The van der Waals surface area contributed by atoms with E-state index in [-0.39, 0.29) is 3.70 Å². The highest BCUT2D eigenvalue weighted by molar-refractivity contribution is 14.1. The fourth-order valence-electron chi connectivity index (χ4n) is 0.876. The molecule has 0 fully saturated rings. The molecule has 76 valence electrons. The summed E-state index contributed by atoms with van der Waals surface area (Å²) in [5, 5.41) is 8.57. The van der Waals surface area contributed by atoms with Crippen LogP contribution in [0.25, 0.3) is 0 Å². The third-order valence-electron chi connectivity index (χ3n) is 1.42. The number of aromatic carboxylic acids is 1. The van der Waals surface area contributed by atoms with Crippen molar-refractivity contribution in [2.75, 3.05) is 0 Å². The van der Waals surface area contributed by atoms with Crippen LogP contribution in [-0.4, -0.2) is 16.1 Å². The number of carbonyl (C=O) groups is 1. The van der Waals surface area contributed by atoms with Crippen LogP contribution in [0, 0.1) is 3.70 Å². The average Bonchev–Trinajstić information content (AvgIpc) is 2.01. The Hall–Kier alpha value is -0.860. The van der Waals surface area contributed by atoms with Gasteiger partial charge in [-0.15, -0.1) is 0 Å². The molecule has 1 aromatic heterocycles. The molecule has 0 saturated heterocycles. The van der Waals surface area contributed by atoms with Crippen molar-refractivity contribution in [3.8, 4) is 0 Å². The van der Waals surface area contributed by atoms with Crippen LogP contribution in [0.15, 0.2) is 12.3 Å². The third kappa shape index (κ3) is 2.14. The molecule has 0 unspecified atom stereocenters. The van der Waals surface area contributed by atoms with E-state index in [4.69, 9.17) is 5.11 Å². The molecule has 1 heterocycles. The highest BCUT2D eigenvalue weighted by Gasteiger charge is 2.36. The zero-order valence-corrected chi connectivity index (χ0v) is 8.63. The Kier molecular flexibility index (Phi) is 2.98. The largest absolute Gasteiger partial charge is 0.478 e. The van der Waals surface area contributed by atoms with Crippen LogP contribution in [-0.2, 0) is 6.18 Å². The smallest absolute Gasteiger partial charge is 0.417 e. The molecular weight excluding hydrogens is 314 g/mol. The van der Waals surface area contributed by atoms with Crippen molar-refractivity contribution in [2.45, 2.75) is 6.18 Å². The van der Waals surface area contributed by atoms with E-state index < -0.39 is 23.3 Å². The van der Waals surface area contributed by atoms with Crippen molar-refractivity contribution < 1.29 is 23.1 Å². The fourth-order valence-corrected chi connectivity index (χ4v) is 1.56. The predicted molar refractivity (Wildman–Crippen MR) is 48.9 cm³/mol. The van der Waals surface area contributed by atoms with Gasteiger partial charge >= 0.3 is 12.1 Å². The highest BCUT2D eigenvalue weighted by Crippen LogP contribution is 2.32. The number of pyridine rings is 1. The lowest BCUT2D eigenvalue weighted by Crippen LogP contribution is -2.15. The van der Waals surface area contributed by atoms with Crippen molar-refractivity contribution in [1.82, 2.24) is 4.98 Å². The molecule has 0 radical (unpaired) electrons. The lowest BCUT2D eigenvalue weighted by molar-refractivity contribution is -0.138. The number of aromatic nitrogens is 1. The van der Waals surface area contributed by atoms with Crippen LogP contribution in [0.5, 0.6) is 0 Å². The predicted octanol–water partition coefficient (Wildman–Crippen LogP) is 2.40. The van der Waals surface area contributed by atoms with Gasteiger partial charge < -0.3 is 5.11 Å². The molecule has 0 aliphatic carbocycles. The summed E-state index contributed by atoms with van der Waals surface area (Å²) in [6.45, 7) is 0. The van der Waals surface area contributed by atoms with E-state index in [0.717, 1.165) is 6.20 Å². The minimum absolute atomic E-state index is 0.176. The first-order chi connectivity index (χ1) is 6.34. The van der Waals surface area contributed by atoms with Gasteiger partial charge in [0.15, 0.2) is 0 Å². The molecule has 0 saturated carbocycles. The summed E-state index contributed by atoms with van der Waals surface area (Å²) in [6, 6.07) is 0.644. The number of alkyl halides is 3. The molecule has 1 rings (SSSR count). The zero-order valence-electron chi connectivity index (χ0n) is 6.47. The van der Waals surface area contributed by atoms with Crippen molar-refractivity contribution >= 4 is 28.6 Å². The van der Waals surface area contributed by atoms with Gasteiger partial charge in [-0.05, 0) is 28.7 Å². The van der Waals surface area contributed by atoms with E-state index in [1.165, 1.54) is 22.6 Å². The van der Waals surface area contributed by atoms with Crippen molar-refractivity contribution in [3.63, 3.8) is 0 Å². The molecule has 0 aliphatic heterocycles. The van der Waals surface area contributed by atoms with E-state index in [1.54, 1.807) is 0 Å². The summed E-state index contributed by atoms with van der Waals surface area (Å²) in [4.78, 5) is 14.0. The second kappa shape index (κ2) is 3.71. The van der Waals surface area contributed by atoms with E-state index in [9.17, 15) is 18.0 Å². The number of halogens is 4. The number of rotatable bonds is 1. The molecule has 7 heteroatoms. The molecule has 1 aromatic rings. The second-order valence-electron chi connectivity index (χ2n) is 2.33. The second-order valence-corrected chi connectivity index (χ2v) is 3.35. The molecule has 1 N–H and O–H groups in total. The van der Waals surface area contributed by atoms with Crippen molar-refractivity contribution in [1.29, 1.82) is 0 Å². The minimum Gasteiger partial charge on any atom is -0.478 e. The van der Waals surface area contributed by atoms with E-state index in [1.807, 2.05) is 0 Å². The lowest BCUT2D eigenvalue weighted by Gasteiger charge is -2.10. The lowest BCUT2D eigenvalue weighted by atomic mass is 10.1. The number of hydrogen-bond donors (Lipinski definition) is 1. The van der Waals surface area contributed by atoms with Gasteiger partial charge in [-0.3, -0.25) is 0 Å². The first-order valence-corrected chi connectivity index (χ1v) is 4.37. The van der Waals surface area contributed by atoms with Crippen LogP contribution < -0.4 is 0 Å². The molecule has 0 aromatic carbocycles. The van der Waals surface area contributed by atoms with Gasteiger partial charge in [-0.1, -0.05) is 0 Å². The molecule has 0 spiro atoms. The molecular formula is C7H3F3INO2. The Balaban J connectivity index is 3.44. The molecule has 0 aliphatic rings. The maximum atomic E-state index is 12.3. The Morgan fingerprint density at radius 3 is 2.43 bits per heavy atom. The summed E-state index contributed by atoms with van der Waals surface area (Å²) in [7, 11) is 0. The maximum Gasteiger partial charge on any atom is 0.417 e. The molecule has 0 atom stereocenters. The Labute approximate surface area is 90.1 Å². The first-order valence-electron chi connectivity index (χ1n) is 3.29. The van der Waals surface area contributed by atoms with Gasteiger partial charge in [-0.25, -0.2) is 9.78 Å². The Bertz CT molecular complexity index is 378. The number of carboxylic acids is 1. The third-order valence-corrected chi connectivity index (χ3v) is 2.24. The molecule has 0 bridgehead atoms. The van der Waals surface area contributed by atoms with Gasteiger partial charge in [0, 0.05) is 6.20 Å². The number of nitrogens with zero attached hydrogens (tertiary/aromatic N) is 1. The Morgan fingerprint density at radius 1 is 1.50 bits per heavy atom. The van der Waals surface area contributed by atoms with Crippen LogP contribution >= 0.6 is 22.6 Å². The van der Waals surface area contributed by atoms with Crippen LogP contribution in [0.3, 0.4) is 0 Å². The summed E-state index contributed by atoms with van der Waals surface area (Å²) < 4.78 is 36.7. The zero-order chi connectivity index (χ0) is 10.9. The summed E-state index contributed by atoms with van der Waals surface area (Å²) >= 11 is 1.45. The number of carboxylic acid groups (broad SMARTS) is 1. The van der Waals surface area contributed by atoms with E-state index in [0.29, 0.717) is 6.07 Å². The van der Waals surface area contributed by atoms with Gasteiger partial charge in [-0.2, -0.15) is 13.2 Å². The van der Waals surface area contributed by atoms with Crippen LogP contribution in [0.1, 0.15) is 15.9 Å². The maximum absolute atomic E-state index is 12.3. The summed E-state index contributed by atoms with van der Waals surface area (Å²) in [5.74, 6) is -1.63. The standard InChI is InChI=1S/C7H3F3INO2/c8-7(9,10)3-1-2-12-5(11)4(3)6(13)14/h1-2H,(H,13,14). The Morgan fingerprint density at radius 2 is 2.07 bits per heavy atom. The minimum atomic E-state index is -4.67. The molecule has 14 heavy (non-hydrogen) atoms. The summed E-state index contributed by atoms with van der Waals surface area (Å²) in [5.41, 5.74) is -1.98. The van der Waals surface area contributed by atoms with Gasteiger partial charge in [0.1, 0.15) is 9.26 Å².